The molecule has 1 aromatic carbocycles. The number of aromatic nitrogens is 2. The van der Waals surface area contributed by atoms with Crippen LogP contribution in [-0.4, -0.2) is 9.38 Å². The molecule has 0 aliphatic heterocycles. The van der Waals surface area contributed by atoms with E-state index in [2.05, 4.69) is 36.8 Å². The maximum atomic E-state index is 6.20. The summed E-state index contributed by atoms with van der Waals surface area (Å²) in [5, 5.41) is 0. The van der Waals surface area contributed by atoms with Gasteiger partial charge in [-0.3, -0.25) is 4.40 Å². The lowest BCUT2D eigenvalue weighted by Gasteiger charge is -2.02. The molecular formula is C14H11Br2N3. The fraction of sp³-hybridized carbons (Fsp3) is 0.0714. The number of imidazole rings is 1. The number of anilines is 1. The van der Waals surface area contributed by atoms with Crippen molar-refractivity contribution in [3.8, 4) is 11.3 Å². The molecular weight excluding hydrogens is 370 g/mol. The van der Waals surface area contributed by atoms with Crippen molar-refractivity contribution in [3.63, 3.8) is 0 Å². The van der Waals surface area contributed by atoms with Crippen LogP contribution < -0.4 is 5.73 Å². The molecule has 3 aromatic rings. The standard InChI is InChI=1S/C14H11Br2N3/c1-8-3-2-6-19-13(17)12(18-14(8)19)9-4-5-10(15)11(16)7-9/h2-7H,17H2,1H3. The quantitative estimate of drug-likeness (QED) is 0.679. The maximum Gasteiger partial charge on any atom is 0.142 e. The second kappa shape index (κ2) is 4.65. The van der Waals surface area contributed by atoms with Gasteiger partial charge in [0.1, 0.15) is 17.2 Å². The van der Waals surface area contributed by atoms with Gasteiger partial charge >= 0.3 is 0 Å². The zero-order valence-corrected chi connectivity index (χ0v) is 13.4. The number of nitrogens with zero attached hydrogens (tertiary/aromatic N) is 2. The normalized spacial score (nSPS) is 11.1. The molecule has 0 unspecified atom stereocenters. The summed E-state index contributed by atoms with van der Waals surface area (Å²) in [5.74, 6) is 0.660. The minimum absolute atomic E-state index is 0.660. The summed E-state index contributed by atoms with van der Waals surface area (Å²) in [6.45, 7) is 2.03. The second-order valence-corrected chi connectivity index (χ2v) is 6.07. The molecule has 0 atom stereocenters. The van der Waals surface area contributed by atoms with E-state index < -0.39 is 0 Å². The number of hydrogen-bond donors (Lipinski definition) is 1. The van der Waals surface area contributed by atoms with Gasteiger partial charge in [0.15, 0.2) is 0 Å². The number of nitrogen functional groups attached to an aromatic ring is 1. The van der Waals surface area contributed by atoms with Gasteiger partial charge in [-0.15, -0.1) is 0 Å². The van der Waals surface area contributed by atoms with Gasteiger partial charge in [0.25, 0.3) is 0 Å². The highest BCUT2D eigenvalue weighted by molar-refractivity contribution is 9.13. The molecule has 96 valence electrons. The summed E-state index contributed by atoms with van der Waals surface area (Å²) < 4.78 is 3.91. The van der Waals surface area contributed by atoms with E-state index in [0.29, 0.717) is 5.82 Å². The Kier molecular flexibility index (Phi) is 3.11. The lowest BCUT2D eigenvalue weighted by atomic mass is 10.1. The Hall–Kier alpha value is -1.33. The third kappa shape index (κ3) is 2.07. The van der Waals surface area contributed by atoms with Crippen molar-refractivity contribution in [2.24, 2.45) is 0 Å². The van der Waals surface area contributed by atoms with E-state index in [1.807, 2.05) is 47.9 Å². The molecule has 2 N–H and O–H groups in total. The van der Waals surface area contributed by atoms with E-state index in [1.54, 1.807) is 0 Å². The van der Waals surface area contributed by atoms with Gasteiger partial charge in [-0.1, -0.05) is 12.1 Å². The minimum Gasteiger partial charge on any atom is -0.383 e. The van der Waals surface area contributed by atoms with Crippen LogP contribution in [0.2, 0.25) is 0 Å². The summed E-state index contributed by atoms with van der Waals surface area (Å²) in [7, 11) is 0. The fourth-order valence-corrected chi connectivity index (χ4v) is 2.70. The molecule has 0 fully saturated rings. The van der Waals surface area contributed by atoms with Gasteiger partial charge in [0.2, 0.25) is 0 Å². The zero-order valence-electron chi connectivity index (χ0n) is 10.2. The van der Waals surface area contributed by atoms with Crippen molar-refractivity contribution in [1.29, 1.82) is 0 Å². The third-order valence-corrected chi connectivity index (χ3v) is 4.95. The van der Waals surface area contributed by atoms with Gasteiger partial charge in [0, 0.05) is 20.7 Å². The van der Waals surface area contributed by atoms with Gasteiger partial charge in [0.05, 0.1) is 0 Å². The van der Waals surface area contributed by atoms with Gasteiger partial charge in [-0.25, -0.2) is 4.98 Å². The lowest BCUT2D eigenvalue weighted by molar-refractivity contribution is 1.17. The number of rotatable bonds is 1. The van der Waals surface area contributed by atoms with Crippen LogP contribution in [0.15, 0.2) is 45.5 Å². The van der Waals surface area contributed by atoms with Crippen LogP contribution in [0.5, 0.6) is 0 Å². The van der Waals surface area contributed by atoms with Crippen molar-refractivity contribution in [2.75, 3.05) is 5.73 Å². The van der Waals surface area contributed by atoms with Gasteiger partial charge < -0.3 is 5.73 Å². The SMILES string of the molecule is Cc1cccn2c(N)c(-c3ccc(Br)c(Br)c3)nc12. The lowest BCUT2D eigenvalue weighted by Crippen LogP contribution is -1.94. The number of halogens is 2. The fourth-order valence-electron chi connectivity index (χ4n) is 2.08. The van der Waals surface area contributed by atoms with Crippen LogP contribution in [0.4, 0.5) is 5.82 Å². The molecule has 3 nitrogen and oxygen atoms in total. The van der Waals surface area contributed by atoms with Crippen LogP contribution in [0.1, 0.15) is 5.56 Å². The molecule has 0 amide bonds. The predicted octanol–water partition coefficient (Wildman–Crippen LogP) is 4.42. The van der Waals surface area contributed by atoms with Gasteiger partial charge in [-0.05, 0) is 62.5 Å². The number of fused-ring (bicyclic) bond motifs is 1. The highest BCUT2D eigenvalue weighted by Gasteiger charge is 2.13. The molecule has 0 spiro atoms. The Bertz CT molecular complexity index is 778. The summed E-state index contributed by atoms with van der Waals surface area (Å²) in [4.78, 5) is 4.65. The van der Waals surface area contributed by atoms with E-state index >= 15 is 0 Å². The van der Waals surface area contributed by atoms with Crippen LogP contribution in [0, 0.1) is 6.92 Å². The topological polar surface area (TPSA) is 43.3 Å². The highest BCUT2D eigenvalue weighted by atomic mass is 79.9. The van der Waals surface area contributed by atoms with E-state index in [-0.39, 0.29) is 0 Å². The minimum atomic E-state index is 0.660. The zero-order chi connectivity index (χ0) is 13.6. The molecule has 0 saturated heterocycles. The number of benzene rings is 1. The smallest absolute Gasteiger partial charge is 0.142 e. The Morgan fingerprint density at radius 1 is 1.16 bits per heavy atom. The van der Waals surface area contributed by atoms with Gasteiger partial charge in [-0.2, -0.15) is 0 Å². The monoisotopic (exact) mass is 379 g/mol. The van der Waals surface area contributed by atoms with Crippen LogP contribution in [0.3, 0.4) is 0 Å². The van der Waals surface area contributed by atoms with Crippen molar-refractivity contribution in [2.45, 2.75) is 6.92 Å². The number of nitrogens with two attached hydrogens (primary N) is 1. The molecule has 2 aromatic heterocycles. The maximum absolute atomic E-state index is 6.20. The largest absolute Gasteiger partial charge is 0.383 e. The first-order chi connectivity index (χ1) is 9.08. The summed E-state index contributed by atoms with van der Waals surface area (Å²) in [6, 6.07) is 10.0. The molecule has 0 radical (unpaired) electrons. The van der Waals surface area contributed by atoms with Crippen molar-refractivity contribution in [3.05, 3.63) is 51.0 Å². The Balaban J connectivity index is 2.28. The Morgan fingerprint density at radius 2 is 1.95 bits per heavy atom. The second-order valence-electron chi connectivity index (χ2n) is 4.36. The summed E-state index contributed by atoms with van der Waals surface area (Å²) >= 11 is 6.97. The molecule has 2 heterocycles. The first kappa shape index (κ1) is 12.7. The predicted molar refractivity (Wildman–Crippen MR) is 85.2 cm³/mol. The third-order valence-electron chi connectivity index (χ3n) is 3.08. The van der Waals surface area contributed by atoms with Crippen LogP contribution >= 0.6 is 31.9 Å². The molecule has 0 saturated carbocycles. The molecule has 0 aliphatic rings. The number of hydrogen-bond acceptors (Lipinski definition) is 2. The van der Waals surface area contributed by atoms with Crippen molar-refractivity contribution >= 4 is 43.3 Å². The Labute approximate surface area is 127 Å². The van der Waals surface area contributed by atoms with Crippen LogP contribution in [-0.2, 0) is 0 Å². The molecule has 19 heavy (non-hydrogen) atoms. The van der Waals surface area contributed by atoms with Crippen LogP contribution in [0.25, 0.3) is 16.9 Å². The first-order valence-electron chi connectivity index (χ1n) is 5.76. The average Bonchev–Trinajstić information content (AvgIpc) is 2.72. The average molecular weight is 381 g/mol. The number of pyridine rings is 1. The highest BCUT2D eigenvalue weighted by Crippen LogP contribution is 2.32. The Morgan fingerprint density at radius 3 is 2.63 bits per heavy atom. The van der Waals surface area contributed by atoms with E-state index in [0.717, 1.165) is 31.4 Å². The molecule has 5 heteroatoms. The first-order valence-corrected chi connectivity index (χ1v) is 7.35. The van der Waals surface area contributed by atoms with E-state index in [4.69, 9.17) is 5.73 Å². The summed E-state index contributed by atoms with van der Waals surface area (Å²) in [5.41, 5.74) is 10.0. The molecule has 0 aliphatic carbocycles. The summed E-state index contributed by atoms with van der Waals surface area (Å²) in [6.07, 6.45) is 1.93. The molecule has 3 rings (SSSR count). The molecule has 0 bridgehead atoms. The van der Waals surface area contributed by atoms with Crippen molar-refractivity contribution in [1.82, 2.24) is 9.38 Å². The van der Waals surface area contributed by atoms with E-state index in [9.17, 15) is 0 Å². The van der Waals surface area contributed by atoms with E-state index in [1.165, 1.54) is 0 Å². The van der Waals surface area contributed by atoms with Crippen molar-refractivity contribution < 1.29 is 0 Å². The number of aryl methyl sites for hydroxylation is 1.